The number of nitrogens with zero attached hydrogens (tertiary/aromatic N) is 5. The Bertz CT molecular complexity index is 849. The summed E-state index contributed by atoms with van der Waals surface area (Å²) < 4.78 is 40.2. The zero-order valence-electron chi connectivity index (χ0n) is 14.2. The van der Waals surface area contributed by atoms with Crippen molar-refractivity contribution in [2.75, 3.05) is 38.0 Å². The molecule has 2 aromatic rings. The molecule has 0 bridgehead atoms. The Kier molecular flexibility index (Phi) is 5.76. The van der Waals surface area contributed by atoms with Crippen LogP contribution in [0.3, 0.4) is 0 Å². The van der Waals surface area contributed by atoms with Gasteiger partial charge < -0.3 is 9.80 Å². The fourth-order valence-electron chi connectivity index (χ4n) is 1.76. The molecule has 0 saturated heterocycles. The van der Waals surface area contributed by atoms with Gasteiger partial charge in [0, 0.05) is 28.2 Å². The number of rotatable bonds is 6. The van der Waals surface area contributed by atoms with Gasteiger partial charge in [0.25, 0.3) is 0 Å². The average Bonchev–Trinajstić information content (AvgIpc) is 2.55. The largest absolute Gasteiger partial charge is 0.347 e. The third-order valence-electron chi connectivity index (χ3n) is 3.08. The second-order valence-corrected chi connectivity index (χ2v) is 7.72. The van der Waals surface area contributed by atoms with Crippen LogP contribution in [-0.4, -0.2) is 51.6 Å². The summed E-state index contributed by atoms with van der Waals surface area (Å²) in [5.41, 5.74) is 0. The zero-order valence-corrected chi connectivity index (χ0v) is 15.7. The molecule has 0 atom stereocenters. The summed E-state index contributed by atoms with van der Waals surface area (Å²) in [5, 5.41) is -0.271. The van der Waals surface area contributed by atoms with Crippen molar-refractivity contribution in [3.8, 4) is 0 Å². The van der Waals surface area contributed by atoms with Crippen LogP contribution in [0.15, 0.2) is 23.1 Å². The minimum atomic E-state index is -3.89. The SMILES string of the molecule is CN(C)c1nc(CNS(=O)(=O)c2ccc(F)c(Cl)c2)nc(N(C)C)n1. The van der Waals surface area contributed by atoms with Crippen molar-refractivity contribution in [2.24, 2.45) is 0 Å². The first kappa shape index (κ1) is 19.3. The maximum atomic E-state index is 13.2. The maximum absolute atomic E-state index is 13.2. The molecule has 0 saturated carbocycles. The van der Waals surface area contributed by atoms with Crippen LogP contribution in [0.2, 0.25) is 5.02 Å². The predicted molar refractivity (Wildman–Crippen MR) is 93.9 cm³/mol. The lowest BCUT2D eigenvalue weighted by Crippen LogP contribution is -2.26. The Hall–Kier alpha value is -2.04. The molecule has 1 heterocycles. The lowest BCUT2D eigenvalue weighted by molar-refractivity contribution is 0.578. The summed E-state index contributed by atoms with van der Waals surface area (Å²) in [6, 6.07) is 3.17. The number of anilines is 2. The molecule has 0 aliphatic carbocycles. The van der Waals surface area contributed by atoms with Gasteiger partial charge in [-0.1, -0.05) is 11.6 Å². The Morgan fingerprint density at radius 1 is 1.08 bits per heavy atom. The third kappa shape index (κ3) is 4.74. The standard InChI is InChI=1S/C14H18ClFN6O2S/c1-21(2)13-18-12(19-14(20-13)22(3)4)8-17-25(23,24)9-5-6-11(16)10(15)7-9/h5-7,17H,8H2,1-4H3. The van der Waals surface area contributed by atoms with E-state index in [9.17, 15) is 12.8 Å². The summed E-state index contributed by atoms with van der Waals surface area (Å²) in [6.45, 7) is -0.151. The molecule has 25 heavy (non-hydrogen) atoms. The smallest absolute Gasteiger partial charge is 0.241 e. The second kappa shape index (κ2) is 7.46. The molecule has 0 amide bonds. The van der Waals surface area contributed by atoms with Crippen LogP contribution >= 0.6 is 11.6 Å². The minimum absolute atomic E-state index is 0.145. The number of hydrogen-bond donors (Lipinski definition) is 1. The first-order chi connectivity index (χ1) is 11.6. The van der Waals surface area contributed by atoms with Crippen molar-refractivity contribution in [1.29, 1.82) is 0 Å². The molecule has 0 radical (unpaired) electrons. The van der Waals surface area contributed by atoms with Crippen LogP contribution in [0.1, 0.15) is 5.82 Å². The molecule has 0 aliphatic heterocycles. The molecule has 0 spiro atoms. The summed E-state index contributed by atoms with van der Waals surface area (Å²) in [4.78, 5) is 15.9. The first-order valence-corrected chi connectivity index (χ1v) is 9.00. The molecular formula is C14H18ClFN6O2S. The molecule has 8 nitrogen and oxygen atoms in total. The number of nitrogens with one attached hydrogen (secondary N) is 1. The van der Waals surface area contributed by atoms with E-state index in [1.54, 1.807) is 38.0 Å². The van der Waals surface area contributed by atoms with E-state index in [0.717, 1.165) is 18.2 Å². The van der Waals surface area contributed by atoms with E-state index in [-0.39, 0.29) is 22.3 Å². The van der Waals surface area contributed by atoms with Gasteiger partial charge in [0.15, 0.2) is 5.82 Å². The Morgan fingerprint density at radius 3 is 2.12 bits per heavy atom. The highest BCUT2D eigenvalue weighted by atomic mass is 35.5. The van der Waals surface area contributed by atoms with Crippen molar-refractivity contribution in [1.82, 2.24) is 19.7 Å². The maximum Gasteiger partial charge on any atom is 0.241 e. The van der Waals surface area contributed by atoms with E-state index < -0.39 is 15.8 Å². The lowest BCUT2D eigenvalue weighted by atomic mass is 10.3. The van der Waals surface area contributed by atoms with Crippen molar-refractivity contribution < 1.29 is 12.8 Å². The van der Waals surface area contributed by atoms with Gasteiger partial charge in [-0.3, -0.25) is 0 Å². The van der Waals surface area contributed by atoms with E-state index in [4.69, 9.17) is 11.6 Å². The molecule has 2 rings (SSSR count). The van der Waals surface area contributed by atoms with E-state index in [0.29, 0.717) is 11.9 Å². The summed E-state index contributed by atoms with van der Waals surface area (Å²) >= 11 is 5.64. The third-order valence-corrected chi connectivity index (χ3v) is 4.77. The topological polar surface area (TPSA) is 91.3 Å². The van der Waals surface area contributed by atoms with Crippen molar-refractivity contribution >= 4 is 33.5 Å². The molecule has 0 unspecified atom stereocenters. The molecule has 1 aromatic heterocycles. The number of aromatic nitrogens is 3. The van der Waals surface area contributed by atoms with Gasteiger partial charge in [-0.15, -0.1) is 0 Å². The van der Waals surface area contributed by atoms with Crippen LogP contribution in [0.5, 0.6) is 0 Å². The Balaban J connectivity index is 2.26. The van der Waals surface area contributed by atoms with Crippen molar-refractivity contribution in [3.05, 3.63) is 34.9 Å². The molecule has 1 aromatic carbocycles. The number of hydrogen-bond acceptors (Lipinski definition) is 7. The highest BCUT2D eigenvalue weighted by Crippen LogP contribution is 2.19. The zero-order chi connectivity index (χ0) is 18.8. The fourth-order valence-corrected chi connectivity index (χ4v) is 3.01. The monoisotopic (exact) mass is 388 g/mol. The highest BCUT2D eigenvalue weighted by Gasteiger charge is 2.17. The van der Waals surface area contributed by atoms with Gasteiger partial charge in [0.05, 0.1) is 16.5 Å². The molecule has 1 N–H and O–H groups in total. The van der Waals surface area contributed by atoms with E-state index in [1.807, 2.05) is 0 Å². The van der Waals surface area contributed by atoms with Gasteiger partial charge >= 0.3 is 0 Å². The van der Waals surface area contributed by atoms with Gasteiger partial charge in [-0.05, 0) is 18.2 Å². The van der Waals surface area contributed by atoms with Gasteiger partial charge in [-0.25, -0.2) is 17.5 Å². The van der Waals surface area contributed by atoms with E-state index in [1.165, 1.54) is 0 Å². The van der Waals surface area contributed by atoms with Gasteiger partial charge in [-0.2, -0.15) is 15.0 Å². The first-order valence-electron chi connectivity index (χ1n) is 7.14. The summed E-state index contributed by atoms with van der Waals surface area (Å²) in [5.74, 6) is 0.360. The predicted octanol–water partition coefficient (Wildman–Crippen LogP) is 1.27. The summed E-state index contributed by atoms with van der Waals surface area (Å²) in [6.07, 6.45) is 0. The van der Waals surface area contributed by atoms with E-state index in [2.05, 4.69) is 19.7 Å². The normalized spacial score (nSPS) is 11.4. The van der Waals surface area contributed by atoms with Crippen LogP contribution in [-0.2, 0) is 16.6 Å². The number of benzene rings is 1. The molecule has 0 aliphatic rings. The number of sulfonamides is 1. The van der Waals surface area contributed by atoms with E-state index >= 15 is 0 Å². The molecule has 136 valence electrons. The van der Waals surface area contributed by atoms with Crippen LogP contribution < -0.4 is 14.5 Å². The fraction of sp³-hybridized carbons (Fsp3) is 0.357. The van der Waals surface area contributed by atoms with Crippen LogP contribution in [0.4, 0.5) is 16.3 Å². The molecule has 11 heteroatoms. The molecule has 0 fully saturated rings. The molecular weight excluding hydrogens is 371 g/mol. The lowest BCUT2D eigenvalue weighted by Gasteiger charge is -2.16. The van der Waals surface area contributed by atoms with Crippen LogP contribution in [0, 0.1) is 5.82 Å². The Labute approximate surface area is 150 Å². The van der Waals surface area contributed by atoms with Gasteiger partial charge in [0.2, 0.25) is 21.9 Å². The number of halogens is 2. The minimum Gasteiger partial charge on any atom is -0.347 e. The van der Waals surface area contributed by atoms with Gasteiger partial charge in [0.1, 0.15) is 5.82 Å². The van der Waals surface area contributed by atoms with Crippen molar-refractivity contribution in [3.63, 3.8) is 0 Å². The Morgan fingerprint density at radius 2 is 1.64 bits per heavy atom. The highest BCUT2D eigenvalue weighted by molar-refractivity contribution is 7.89. The average molecular weight is 389 g/mol. The van der Waals surface area contributed by atoms with Crippen molar-refractivity contribution in [2.45, 2.75) is 11.4 Å². The second-order valence-electron chi connectivity index (χ2n) is 5.54. The summed E-state index contributed by atoms with van der Waals surface area (Å²) in [7, 11) is 3.18. The quantitative estimate of drug-likeness (QED) is 0.796. The van der Waals surface area contributed by atoms with Crippen LogP contribution in [0.25, 0.3) is 0 Å².